The van der Waals surface area contributed by atoms with Gasteiger partial charge in [-0.2, -0.15) is 0 Å². The molecule has 1 atom stereocenters. The fourth-order valence-corrected chi connectivity index (χ4v) is 3.25. The summed E-state index contributed by atoms with van der Waals surface area (Å²) < 4.78 is 10.8. The zero-order valence-corrected chi connectivity index (χ0v) is 17.8. The smallest absolute Gasteiger partial charge is 0.191 e. The van der Waals surface area contributed by atoms with Crippen LogP contribution in [0.3, 0.4) is 0 Å². The molecule has 2 rings (SSSR count). The van der Waals surface area contributed by atoms with Gasteiger partial charge in [-0.1, -0.05) is 20.8 Å². The van der Waals surface area contributed by atoms with Crippen molar-refractivity contribution in [3.63, 3.8) is 0 Å². The van der Waals surface area contributed by atoms with Crippen LogP contribution in [0, 0.1) is 5.41 Å². The number of benzene rings is 1. The molecule has 0 aromatic heterocycles. The lowest BCUT2D eigenvalue weighted by atomic mass is 9.92. The molecule has 0 saturated carbocycles. The van der Waals surface area contributed by atoms with E-state index in [1.165, 1.54) is 5.56 Å². The Bertz CT molecular complexity index is 603. The summed E-state index contributed by atoms with van der Waals surface area (Å²) in [5.74, 6) is 2.57. The lowest BCUT2D eigenvalue weighted by molar-refractivity contribution is 0.321. The largest absolute Gasteiger partial charge is 0.497 e. The van der Waals surface area contributed by atoms with Crippen molar-refractivity contribution >= 4 is 5.96 Å². The van der Waals surface area contributed by atoms with Crippen LogP contribution in [-0.4, -0.2) is 57.8 Å². The number of aliphatic imine (C=N–C) groups is 1. The Balaban J connectivity index is 1.84. The standard InChI is InChI=1S/C21H36N4O2/c1-21(2,3)8-9-23-20(22-4)24-17-7-10-25(15-17)14-16-11-18(26-5)13-19(12-16)27-6/h11-13,17H,7-10,14-15H2,1-6H3,(H2,22,23,24). The molecule has 0 spiro atoms. The molecular weight excluding hydrogens is 340 g/mol. The van der Waals surface area contributed by atoms with Gasteiger partial charge in [-0.15, -0.1) is 0 Å². The molecule has 0 aliphatic carbocycles. The minimum atomic E-state index is 0.327. The van der Waals surface area contributed by atoms with Gasteiger partial charge in [0.25, 0.3) is 0 Å². The first kappa shape index (κ1) is 21.4. The zero-order valence-electron chi connectivity index (χ0n) is 17.8. The Morgan fingerprint density at radius 2 is 1.85 bits per heavy atom. The normalized spacial score (nSPS) is 18.4. The minimum Gasteiger partial charge on any atom is -0.497 e. The average molecular weight is 377 g/mol. The van der Waals surface area contributed by atoms with Crippen LogP contribution in [0.1, 0.15) is 39.2 Å². The number of ether oxygens (including phenoxy) is 2. The lowest BCUT2D eigenvalue weighted by Crippen LogP contribution is -2.45. The van der Waals surface area contributed by atoms with Gasteiger partial charge >= 0.3 is 0 Å². The second kappa shape index (κ2) is 9.83. The molecular formula is C21H36N4O2. The summed E-state index contributed by atoms with van der Waals surface area (Å²) in [5, 5.41) is 7.00. The van der Waals surface area contributed by atoms with Crippen LogP contribution in [0.2, 0.25) is 0 Å². The Labute approximate surface area is 164 Å². The zero-order chi connectivity index (χ0) is 19.9. The first-order valence-corrected chi connectivity index (χ1v) is 9.74. The van der Waals surface area contributed by atoms with Crippen LogP contribution in [0.15, 0.2) is 23.2 Å². The summed E-state index contributed by atoms with van der Waals surface area (Å²) in [6, 6.07) is 6.48. The molecule has 2 N–H and O–H groups in total. The molecule has 1 saturated heterocycles. The van der Waals surface area contributed by atoms with Gasteiger partial charge in [0.1, 0.15) is 11.5 Å². The number of guanidine groups is 1. The van der Waals surface area contributed by atoms with Crippen LogP contribution in [0.5, 0.6) is 11.5 Å². The summed E-state index contributed by atoms with van der Waals surface area (Å²) in [7, 11) is 5.21. The van der Waals surface area contributed by atoms with Crippen molar-refractivity contribution in [2.24, 2.45) is 10.4 Å². The molecule has 152 valence electrons. The number of rotatable bonds is 7. The van der Waals surface area contributed by atoms with E-state index in [0.29, 0.717) is 11.5 Å². The van der Waals surface area contributed by atoms with Crippen molar-refractivity contribution in [3.8, 4) is 11.5 Å². The lowest BCUT2D eigenvalue weighted by Gasteiger charge is -2.22. The van der Waals surface area contributed by atoms with Crippen LogP contribution in [0.25, 0.3) is 0 Å². The number of hydrogen-bond acceptors (Lipinski definition) is 4. The van der Waals surface area contributed by atoms with Crippen LogP contribution in [0.4, 0.5) is 0 Å². The van der Waals surface area contributed by atoms with Crippen LogP contribution < -0.4 is 20.1 Å². The summed E-state index contributed by atoms with van der Waals surface area (Å²) in [6.45, 7) is 10.7. The maximum absolute atomic E-state index is 5.38. The molecule has 1 heterocycles. The second-order valence-electron chi connectivity index (χ2n) is 8.40. The molecule has 0 bridgehead atoms. The Kier molecular flexibility index (Phi) is 7.78. The molecule has 6 heteroatoms. The molecule has 1 unspecified atom stereocenters. The van der Waals surface area contributed by atoms with E-state index in [2.05, 4.69) is 53.4 Å². The topological polar surface area (TPSA) is 58.1 Å². The number of hydrogen-bond donors (Lipinski definition) is 2. The van der Waals surface area contributed by atoms with Crippen LogP contribution in [-0.2, 0) is 6.54 Å². The van der Waals surface area contributed by atoms with E-state index in [-0.39, 0.29) is 0 Å². The summed E-state index contributed by atoms with van der Waals surface area (Å²) in [5.41, 5.74) is 1.54. The highest BCUT2D eigenvalue weighted by Gasteiger charge is 2.23. The highest BCUT2D eigenvalue weighted by atomic mass is 16.5. The maximum atomic E-state index is 5.38. The van der Waals surface area contributed by atoms with Crippen molar-refractivity contribution < 1.29 is 9.47 Å². The first-order chi connectivity index (χ1) is 12.8. The number of methoxy groups -OCH3 is 2. The number of nitrogens with zero attached hydrogens (tertiary/aromatic N) is 2. The third kappa shape index (κ3) is 7.29. The van der Waals surface area contributed by atoms with E-state index in [1.807, 2.05) is 13.1 Å². The monoisotopic (exact) mass is 376 g/mol. The highest BCUT2D eigenvalue weighted by molar-refractivity contribution is 5.80. The SMILES string of the molecule is CN=C(NCCC(C)(C)C)NC1CCN(Cc2cc(OC)cc(OC)c2)C1. The van der Waals surface area contributed by atoms with Crippen molar-refractivity contribution in [3.05, 3.63) is 23.8 Å². The highest BCUT2D eigenvalue weighted by Crippen LogP contribution is 2.24. The van der Waals surface area contributed by atoms with E-state index in [0.717, 1.165) is 56.5 Å². The van der Waals surface area contributed by atoms with E-state index in [1.54, 1.807) is 14.2 Å². The Hall–Kier alpha value is -1.95. The number of nitrogens with one attached hydrogen (secondary N) is 2. The predicted octanol–water partition coefficient (Wildman–Crippen LogP) is 2.88. The van der Waals surface area contributed by atoms with Gasteiger partial charge in [0.05, 0.1) is 14.2 Å². The van der Waals surface area contributed by atoms with Crippen molar-refractivity contribution in [2.75, 3.05) is 40.9 Å². The Morgan fingerprint density at radius 1 is 1.19 bits per heavy atom. The van der Waals surface area contributed by atoms with Crippen molar-refractivity contribution in [2.45, 2.75) is 46.2 Å². The summed E-state index contributed by atoms with van der Waals surface area (Å²) >= 11 is 0. The van der Waals surface area contributed by atoms with Crippen molar-refractivity contribution in [1.29, 1.82) is 0 Å². The molecule has 0 radical (unpaired) electrons. The fourth-order valence-electron chi connectivity index (χ4n) is 3.25. The third-order valence-electron chi connectivity index (χ3n) is 4.82. The van der Waals surface area contributed by atoms with Gasteiger partial charge < -0.3 is 20.1 Å². The van der Waals surface area contributed by atoms with Gasteiger partial charge in [-0.25, -0.2) is 0 Å². The number of likely N-dealkylation sites (tertiary alicyclic amines) is 1. The molecule has 27 heavy (non-hydrogen) atoms. The van der Waals surface area contributed by atoms with E-state index >= 15 is 0 Å². The molecule has 1 aromatic carbocycles. The van der Waals surface area contributed by atoms with Gasteiger partial charge in [-0.3, -0.25) is 9.89 Å². The van der Waals surface area contributed by atoms with Crippen molar-refractivity contribution in [1.82, 2.24) is 15.5 Å². The van der Waals surface area contributed by atoms with E-state index in [4.69, 9.17) is 9.47 Å². The van der Waals surface area contributed by atoms with Crippen LogP contribution >= 0.6 is 0 Å². The minimum absolute atomic E-state index is 0.327. The third-order valence-corrected chi connectivity index (χ3v) is 4.82. The Morgan fingerprint density at radius 3 is 2.41 bits per heavy atom. The van der Waals surface area contributed by atoms with Gasteiger partial charge in [0.2, 0.25) is 0 Å². The molecule has 1 aromatic rings. The fraction of sp³-hybridized carbons (Fsp3) is 0.667. The predicted molar refractivity (Wildman–Crippen MR) is 112 cm³/mol. The second-order valence-corrected chi connectivity index (χ2v) is 8.40. The maximum Gasteiger partial charge on any atom is 0.191 e. The summed E-state index contributed by atoms with van der Waals surface area (Å²) in [4.78, 5) is 6.82. The van der Waals surface area contributed by atoms with E-state index in [9.17, 15) is 0 Å². The average Bonchev–Trinajstić information content (AvgIpc) is 3.06. The van der Waals surface area contributed by atoms with Gasteiger partial charge in [0.15, 0.2) is 5.96 Å². The van der Waals surface area contributed by atoms with Gasteiger partial charge in [0, 0.05) is 45.3 Å². The molecule has 1 aliphatic heterocycles. The molecule has 0 amide bonds. The molecule has 6 nitrogen and oxygen atoms in total. The molecule has 1 fully saturated rings. The van der Waals surface area contributed by atoms with Gasteiger partial charge in [-0.05, 0) is 36.0 Å². The first-order valence-electron chi connectivity index (χ1n) is 9.74. The van der Waals surface area contributed by atoms with E-state index < -0.39 is 0 Å². The summed E-state index contributed by atoms with van der Waals surface area (Å²) in [6.07, 6.45) is 2.23. The quantitative estimate of drug-likeness (QED) is 0.566. The molecule has 1 aliphatic rings.